The molecule has 0 spiro atoms. The molecule has 0 fully saturated rings. The Hall–Kier alpha value is -8.02. The number of benzene rings is 9. The van der Waals surface area contributed by atoms with Crippen molar-refractivity contribution in [2.45, 2.75) is 0 Å². The first kappa shape index (κ1) is 33.2. The molecule has 0 saturated carbocycles. The average Bonchev–Trinajstić information content (AvgIpc) is 3.86. The number of nitrogens with zero attached hydrogens (tertiary/aromatic N) is 4. The van der Waals surface area contributed by atoms with E-state index < -0.39 is 0 Å². The Morgan fingerprint density at radius 2 is 1.05 bits per heavy atom. The molecule has 0 unspecified atom stereocenters. The van der Waals surface area contributed by atoms with Crippen LogP contribution in [0.4, 0.5) is 17.1 Å². The lowest BCUT2D eigenvalue weighted by Gasteiger charge is -2.25. The molecule has 0 aliphatic rings. The summed E-state index contributed by atoms with van der Waals surface area (Å²) in [6.07, 6.45) is 0. The van der Waals surface area contributed by atoms with Crippen LogP contribution < -0.4 is 4.90 Å². The summed E-state index contributed by atoms with van der Waals surface area (Å²) < 4.78 is 9.22. The van der Waals surface area contributed by atoms with Crippen LogP contribution in [0.2, 0.25) is 0 Å². The Balaban J connectivity index is 1.17. The van der Waals surface area contributed by atoms with Gasteiger partial charge in [0.1, 0.15) is 11.2 Å². The predicted molar refractivity (Wildman–Crippen MR) is 244 cm³/mol. The van der Waals surface area contributed by atoms with E-state index in [0.29, 0.717) is 5.95 Å². The van der Waals surface area contributed by atoms with Gasteiger partial charge in [0.15, 0.2) is 0 Å². The Kier molecular flexibility index (Phi) is 7.47. The van der Waals surface area contributed by atoms with E-state index in [1.165, 1.54) is 16.5 Å². The van der Waals surface area contributed by atoms with Crippen LogP contribution in [-0.4, -0.2) is 14.5 Å². The number of anilines is 3. The van der Waals surface area contributed by atoms with Crippen molar-refractivity contribution in [3.05, 3.63) is 206 Å². The molecule has 3 aromatic heterocycles. The van der Waals surface area contributed by atoms with Crippen LogP contribution in [0.15, 0.2) is 211 Å². The maximum absolute atomic E-state index is 7.01. The molecule has 0 aliphatic carbocycles. The molecule has 0 amide bonds. The van der Waals surface area contributed by atoms with Crippen molar-refractivity contribution in [2.24, 2.45) is 0 Å². The van der Waals surface area contributed by atoms with E-state index in [0.717, 1.165) is 88.4 Å². The topological polar surface area (TPSA) is 47.1 Å². The molecule has 0 N–H and O–H groups in total. The van der Waals surface area contributed by atoms with Gasteiger partial charge < -0.3 is 9.32 Å². The van der Waals surface area contributed by atoms with Crippen LogP contribution in [0, 0.1) is 0 Å². The Morgan fingerprint density at radius 1 is 0.407 bits per heavy atom. The van der Waals surface area contributed by atoms with Crippen LogP contribution in [-0.2, 0) is 0 Å². The predicted octanol–water partition coefficient (Wildman–Crippen LogP) is 14.6. The van der Waals surface area contributed by atoms with Crippen LogP contribution in [0.25, 0.3) is 93.8 Å². The summed E-state index contributed by atoms with van der Waals surface area (Å²) in [7, 11) is 0. The van der Waals surface area contributed by atoms with Gasteiger partial charge in [-0.2, -0.15) is 0 Å². The van der Waals surface area contributed by atoms with E-state index in [1.54, 1.807) is 0 Å². The lowest BCUT2D eigenvalue weighted by Crippen LogP contribution is -2.09. The third kappa shape index (κ3) is 5.33. The monoisotopic (exact) mass is 754 g/mol. The highest BCUT2D eigenvalue weighted by molar-refractivity contribution is 6.28. The zero-order valence-electron chi connectivity index (χ0n) is 31.8. The summed E-state index contributed by atoms with van der Waals surface area (Å²) in [5.74, 6) is 0.604. The maximum Gasteiger partial charge on any atom is 0.235 e. The molecule has 12 rings (SSSR count). The Morgan fingerprint density at radius 3 is 1.80 bits per heavy atom. The minimum absolute atomic E-state index is 0.604. The van der Waals surface area contributed by atoms with E-state index in [4.69, 9.17) is 14.4 Å². The van der Waals surface area contributed by atoms with Crippen molar-refractivity contribution in [3.8, 4) is 28.3 Å². The first-order valence-electron chi connectivity index (χ1n) is 19.9. The Labute approximate surface area is 339 Å². The fourth-order valence-corrected chi connectivity index (χ4v) is 8.90. The smallest absolute Gasteiger partial charge is 0.235 e. The van der Waals surface area contributed by atoms with Crippen molar-refractivity contribution >= 4 is 82.5 Å². The first-order valence-corrected chi connectivity index (χ1v) is 19.9. The van der Waals surface area contributed by atoms with Crippen molar-refractivity contribution in [1.82, 2.24) is 14.5 Å². The molecule has 276 valence electrons. The van der Waals surface area contributed by atoms with E-state index in [2.05, 4.69) is 204 Å². The number of para-hydroxylation sites is 3. The minimum atomic E-state index is 0.604. The van der Waals surface area contributed by atoms with Gasteiger partial charge in [0, 0.05) is 44.2 Å². The summed E-state index contributed by atoms with van der Waals surface area (Å²) in [5, 5.41) is 7.59. The number of furan rings is 1. The number of hydrogen-bond donors (Lipinski definition) is 0. The van der Waals surface area contributed by atoms with Gasteiger partial charge in [-0.05, 0) is 94.7 Å². The number of rotatable bonds is 6. The molecule has 0 saturated heterocycles. The average molecular weight is 755 g/mol. The Bertz CT molecular complexity index is 3500. The summed E-state index contributed by atoms with van der Waals surface area (Å²) in [5.41, 5.74) is 12.0. The lowest BCUT2D eigenvalue weighted by atomic mass is 9.98. The van der Waals surface area contributed by atoms with Gasteiger partial charge in [-0.3, -0.25) is 4.57 Å². The molecule has 5 nitrogen and oxygen atoms in total. The first-order chi connectivity index (χ1) is 29.3. The fourth-order valence-electron chi connectivity index (χ4n) is 8.90. The van der Waals surface area contributed by atoms with E-state index in [-0.39, 0.29) is 0 Å². The van der Waals surface area contributed by atoms with Gasteiger partial charge in [-0.25, -0.2) is 9.97 Å². The van der Waals surface area contributed by atoms with Gasteiger partial charge in [-0.15, -0.1) is 0 Å². The molecular weight excluding hydrogens is 721 g/mol. The van der Waals surface area contributed by atoms with Gasteiger partial charge >= 0.3 is 0 Å². The van der Waals surface area contributed by atoms with Crippen molar-refractivity contribution in [2.75, 3.05) is 4.90 Å². The molecular formula is C54H34N4O. The molecule has 0 aliphatic heterocycles. The highest BCUT2D eigenvalue weighted by atomic mass is 16.3. The fraction of sp³-hybridized carbons (Fsp3) is 0. The van der Waals surface area contributed by atoms with Crippen LogP contribution >= 0.6 is 0 Å². The number of fused-ring (bicyclic) bond motifs is 10. The zero-order chi connectivity index (χ0) is 38.9. The highest BCUT2D eigenvalue weighted by Crippen LogP contribution is 2.45. The van der Waals surface area contributed by atoms with Crippen molar-refractivity contribution in [3.63, 3.8) is 0 Å². The molecule has 3 heterocycles. The zero-order valence-corrected chi connectivity index (χ0v) is 31.8. The molecule has 9 aromatic carbocycles. The lowest BCUT2D eigenvalue weighted by molar-refractivity contribution is 0.673. The standard InChI is InChI=1S/C54H34N4O/c1-5-15-35(16-6-1)37-25-28-42-38(33-37)26-32-49-50(42)44-29-31-48-51(53(44)59-49)45-34-41(57(39-19-9-3-10-20-39)40-21-11-4-12-22-40)27-30-47(45)58(48)54-55-46-24-14-13-23-43(46)52(56-54)36-17-7-2-8-18-36/h1-34H. The highest BCUT2D eigenvalue weighted by Gasteiger charge is 2.24. The molecule has 5 heteroatoms. The molecule has 0 bridgehead atoms. The minimum Gasteiger partial charge on any atom is -0.455 e. The molecule has 12 aromatic rings. The quantitative estimate of drug-likeness (QED) is 0.170. The third-order valence-corrected chi connectivity index (χ3v) is 11.6. The third-order valence-electron chi connectivity index (χ3n) is 11.6. The van der Waals surface area contributed by atoms with E-state index in [1.807, 2.05) is 12.1 Å². The number of hydrogen-bond acceptors (Lipinski definition) is 4. The molecule has 0 atom stereocenters. The van der Waals surface area contributed by atoms with Crippen molar-refractivity contribution < 1.29 is 4.42 Å². The van der Waals surface area contributed by atoms with Gasteiger partial charge in [-0.1, -0.05) is 133 Å². The normalized spacial score (nSPS) is 11.7. The summed E-state index contributed by atoms with van der Waals surface area (Å²) in [4.78, 5) is 12.9. The maximum atomic E-state index is 7.01. The van der Waals surface area contributed by atoms with Gasteiger partial charge in [0.2, 0.25) is 5.95 Å². The summed E-state index contributed by atoms with van der Waals surface area (Å²) in [6.45, 7) is 0. The van der Waals surface area contributed by atoms with Gasteiger partial charge in [0.25, 0.3) is 0 Å². The molecule has 59 heavy (non-hydrogen) atoms. The number of aromatic nitrogens is 3. The largest absolute Gasteiger partial charge is 0.455 e. The second kappa shape index (κ2) is 13.3. The molecule has 0 radical (unpaired) electrons. The van der Waals surface area contributed by atoms with Crippen LogP contribution in [0.1, 0.15) is 0 Å². The SMILES string of the molecule is c1ccc(-c2ccc3c(ccc4oc5c(ccc6c5c5cc(N(c7ccccc7)c7ccccc7)ccc5n6-c5nc(-c6ccccc6)c6ccccc6n5)c43)c2)cc1. The van der Waals surface area contributed by atoms with Crippen LogP contribution in [0.3, 0.4) is 0 Å². The van der Waals surface area contributed by atoms with Crippen LogP contribution in [0.5, 0.6) is 0 Å². The summed E-state index contributed by atoms with van der Waals surface area (Å²) in [6, 6.07) is 72.4. The summed E-state index contributed by atoms with van der Waals surface area (Å²) >= 11 is 0. The van der Waals surface area contributed by atoms with E-state index >= 15 is 0 Å². The van der Waals surface area contributed by atoms with E-state index in [9.17, 15) is 0 Å². The second-order valence-corrected chi connectivity index (χ2v) is 15.0. The van der Waals surface area contributed by atoms with Gasteiger partial charge in [0.05, 0.1) is 27.6 Å². The second-order valence-electron chi connectivity index (χ2n) is 15.0. The van der Waals surface area contributed by atoms with Crippen molar-refractivity contribution in [1.29, 1.82) is 0 Å².